The molecule has 0 heterocycles. The molecule has 0 fully saturated rings. The highest BCUT2D eigenvalue weighted by atomic mass is 35.5. The zero-order valence-electron chi connectivity index (χ0n) is 13.7. The molecule has 0 aliphatic carbocycles. The normalized spacial score (nSPS) is 12.0. The summed E-state index contributed by atoms with van der Waals surface area (Å²) in [6.07, 6.45) is 0. The van der Waals surface area contributed by atoms with E-state index in [-0.39, 0.29) is 23.2 Å². The molecule has 6 nitrogen and oxygen atoms in total. The van der Waals surface area contributed by atoms with Gasteiger partial charge in [0.1, 0.15) is 5.82 Å². The average Bonchev–Trinajstić information content (AvgIpc) is 2.57. The number of hydrogen-bond donors (Lipinski definition) is 1. The number of likely N-dealkylation sites (N-methyl/N-ethyl adjacent to an activating group) is 1. The van der Waals surface area contributed by atoms with Gasteiger partial charge < -0.3 is 5.32 Å². The highest BCUT2D eigenvalue weighted by Gasteiger charge is 2.21. The van der Waals surface area contributed by atoms with Crippen LogP contribution in [0.1, 0.15) is 12.5 Å². The molecule has 2 aromatic carbocycles. The van der Waals surface area contributed by atoms with Crippen LogP contribution >= 0.6 is 11.6 Å². The van der Waals surface area contributed by atoms with Gasteiger partial charge in [-0.25, -0.2) is 4.39 Å². The van der Waals surface area contributed by atoms with Gasteiger partial charge >= 0.3 is 0 Å². The highest BCUT2D eigenvalue weighted by Crippen LogP contribution is 2.22. The van der Waals surface area contributed by atoms with Crippen molar-refractivity contribution in [1.82, 2.24) is 4.90 Å². The minimum atomic E-state index is -0.602. The molecule has 1 amide bonds. The molecule has 0 radical (unpaired) electrons. The third-order valence-corrected chi connectivity index (χ3v) is 4.19. The topological polar surface area (TPSA) is 75.5 Å². The fourth-order valence-electron chi connectivity index (χ4n) is 2.21. The molecule has 25 heavy (non-hydrogen) atoms. The zero-order valence-corrected chi connectivity index (χ0v) is 14.5. The van der Waals surface area contributed by atoms with Gasteiger partial charge in [-0.2, -0.15) is 0 Å². The average molecular weight is 366 g/mol. The van der Waals surface area contributed by atoms with Crippen LogP contribution in [-0.4, -0.2) is 28.8 Å². The number of hydrogen-bond acceptors (Lipinski definition) is 4. The van der Waals surface area contributed by atoms with Crippen LogP contribution in [-0.2, 0) is 11.3 Å². The van der Waals surface area contributed by atoms with E-state index in [1.165, 1.54) is 30.3 Å². The second kappa shape index (κ2) is 8.04. The van der Waals surface area contributed by atoms with E-state index in [1.54, 1.807) is 31.0 Å². The van der Waals surface area contributed by atoms with E-state index in [9.17, 15) is 19.3 Å². The van der Waals surface area contributed by atoms with E-state index in [0.29, 0.717) is 11.3 Å². The maximum atomic E-state index is 13.9. The van der Waals surface area contributed by atoms with Gasteiger partial charge in [0.05, 0.1) is 11.0 Å². The van der Waals surface area contributed by atoms with Crippen LogP contribution in [0.15, 0.2) is 42.5 Å². The first-order valence-electron chi connectivity index (χ1n) is 7.48. The largest absolute Gasteiger partial charge is 0.324 e. The third kappa shape index (κ3) is 4.74. The number of carbonyl (C=O) groups is 1. The van der Waals surface area contributed by atoms with Crippen molar-refractivity contribution in [2.75, 3.05) is 12.4 Å². The Kier molecular flexibility index (Phi) is 6.06. The van der Waals surface area contributed by atoms with E-state index in [0.717, 1.165) is 0 Å². The Bertz CT molecular complexity index is 780. The van der Waals surface area contributed by atoms with Crippen LogP contribution in [0.4, 0.5) is 15.8 Å². The molecule has 2 rings (SSSR count). The quantitative estimate of drug-likeness (QED) is 0.623. The first-order valence-corrected chi connectivity index (χ1v) is 7.86. The molecule has 2 aromatic rings. The Morgan fingerprint density at radius 3 is 2.68 bits per heavy atom. The maximum absolute atomic E-state index is 13.9. The molecule has 0 aliphatic heterocycles. The molecule has 1 N–H and O–H groups in total. The molecular weight excluding hydrogens is 349 g/mol. The third-order valence-electron chi connectivity index (χ3n) is 3.83. The number of nitrogens with one attached hydrogen (secondary N) is 1. The Labute approximate surface area is 149 Å². The summed E-state index contributed by atoms with van der Waals surface area (Å²) in [5.41, 5.74) is 0.516. The molecule has 0 spiro atoms. The molecular formula is C17H17ClFN3O3. The standard InChI is InChI=1S/C17H17ClFN3O3/c1-11(21(2)10-14-15(18)7-4-8-16(14)19)17(23)20-12-5-3-6-13(9-12)22(24)25/h3-9,11H,10H2,1-2H3,(H,20,23)/t11-/m0/s1. The highest BCUT2D eigenvalue weighted by molar-refractivity contribution is 6.31. The number of rotatable bonds is 6. The summed E-state index contributed by atoms with van der Waals surface area (Å²) < 4.78 is 13.9. The van der Waals surface area contributed by atoms with Gasteiger partial charge in [-0.15, -0.1) is 0 Å². The van der Waals surface area contributed by atoms with Crippen LogP contribution in [0, 0.1) is 15.9 Å². The molecule has 0 saturated heterocycles. The zero-order chi connectivity index (χ0) is 18.6. The van der Waals surface area contributed by atoms with Gasteiger partial charge in [-0.05, 0) is 32.2 Å². The molecule has 0 aliphatic rings. The molecule has 0 bridgehead atoms. The minimum Gasteiger partial charge on any atom is -0.324 e. The van der Waals surface area contributed by atoms with Crippen molar-refractivity contribution in [3.8, 4) is 0 Å². The number of nitro benzene ring substituents is 1. The van der Waals surface area contributed by atoms with E-state index < -0.39 is 16.8 Å². The first-order chi connectivity index (χ1) is 11.8. The molecule has 0 unspecified atom stereocenters. The monoisotopic (exact) mass is 365 g/mol. The number of halogens is 2. The molecule has 132 valence electrons. The molecule has 0 saturated carbocycles. The van der Waals surface area contributed by atoms with Crippen molar-refractivity contribution in [2.24, 2.45) is 0 Å². The lowest BCUT2D eigenvalue weighted by Crippen LogP contribution is -2.39. The summed E-state index contributed by atoms with van der Waals surface area (Å²) in [5.74, 6) is -0.805. The number of nitrogens with zero attached hydrogens (tertiary/aromatic N) is 2. The van der Waals surface area contributed by atoms with Gasteiger partial charge in [0, 0.05) is 35.0 Å². The lowest BCUT2D eigenvalue weighted by Gasteiger charge is -2.24. The van der Waals surface area contributed by atoms with Gasteiger partial charge in [-0.3, -0.25) is 19.8 Å². The Morgan fingerprint density at radius 1 is 1.36 bits per heavy atom. The minimum absolute atomic E-state index is 0.114. The van der Waals surface area contributed by atoms with Crippen molar-refractivity contribution in [2.45, 2.75) is 19.5 Å². The van der Waals surface area contributed by atoms with Gasteiger partial charge in [0.15, 0.2) is 0 Å². The van der Waals surface area contributed by atoms with Crippen LogP contribution in [0.2, 0.25) is 5.02 Å². The van der Waals surface area contributed by atoms with E-state index in [1.807, 2.05) is 0 Å². The summed E-state index contributed by atoms with van der Waals surface area (Å²) in [7, 11) is 1.67. The Balaban J connectivity index is 2.06. The van der Waals surface area contributed by atoms with Crippen LogP contribution < -0.4 is 5.32 Å². The van der Waals surface area contributed by atoms with Crippen molar-refractivity contribution in [3.05, 3.63) is 69.0 Å². The summed E-state index contributed by atoms with van der Waals surface area (Å²) >= 11 is 6.00. The number of carbonyl (C=O) groups excluding carboxylic acids is 1. The fraction of sp³-hybridized carbons (Fsp3) is 0.235. The van der Waals surface area contributed by atoms with Gasteiger partial charge in [-0.1, -0.05) is 23.7 Å². The van der Waals surface area contributed by atoms with Gasteiger partial charge in [0.25, 0.3) is 5.69 Å². The molecule has 1 atom stereocenters. The smallest absolute Gasteiger partial charge is 0.271 e. The van der Waals surface area contributed by atoms with Crippen LogP contribution in [0.3, 0.4) is 0 Å². The summed E-state index contributed by atoms with van der Waals surface area (Å²) in [6.45, 7) is 1.80. The van der Waals surface area contributed by atoms with Crippen molar-refractivity contribution in [1.29, 1.82) is 0 Å². The lowest BCUT2D eigenvalue weighted by atomic mass is 10.1. The fourth-order valence-corrected chi connectivity index (χ4v) is 2.44. The van der Waals surface area contributed by atoms with Crippen LogP contribution in [0.25, 0.3) is 0 Å². The summed E-state index contributed by atoms with van der Waals surface area (Å²) in [4.78, 5) is 24.2. The van der Waals surface area contributed by atoms with Crippen molar-refractivity contribution in [3.63, 3.8) is 0 Å². The predicted molar refractivity (Wildman–Crippen MR) is 94.1 cm³/mol. The number of benzene rings is 2. The van der Waals surface area contributed by atoms with E-state index in [2.05, 4.69) is 5.32 Å². The maximum Gasteiger partial charge on any atom is 0.271 e. The number of non-ortho nitro benzene ring substituents is 1. The van der Waals surface area contributed by atoms with Gasteiger partial charge in [0.2, 0.25) is 5.91 Å². The van der Waals surface area contributed by atoms with Crippen molar-refractivity contribution < 1.29 is 14.1 Å². The number of amides is 1. The number of anilines is 1. The summed E-state index contributed by atoms with van der Waals surface area (Å²) in [5, 5.41) is 13.7. The molecule has 0 aromatic heterocycles. The predicted octanol–water partition coefficient (Wildman–Crippen LogP) is 3.85. The Morgan fingerprint density at radius 2 is 2.04 bits per heavy atom. The van der Waals surface area contributed by atoms with E-state index >= 15 is 0 Å². The second-order valence-electron chi connectivity index (χ2n) is 5.59. The Hall–Kier alpha value is -2.51. The molecule has 8 heteroatoms. The first kappa shape index (κ1) is 18.8. The lowest BCUT2D eigenvalue weighted by molar-refractivity contribution is -0.384. The summed E-state index contributed by atoms with van der Waals surface area (Å²) in [6, 6.07) is 9.47. The van der Waals surface area contributed by atoms with Crippen molar-refractivity contribution >= 4 is 28.9 Å². The number of nitro groups is 1. The second-order valence-corrected chi connectivity index (χ2v) is 6.00. The van der Waals surface area contributed by atoms with E-state index in [4.69, 9.17) is 11.6 Å². The van der Waals surface area contributed by atoms with Crippen LogP contribution in [0.5, 0.6) is 0 Å². The SMILES string of the molecule is C[C@@H](C(=O)Nc1cccc([N+](=O)[O-])c1)N(C)Cc1c(F)cccc1Cl.